The van der Waals surface area contributed by atoms with E-state index in [2.05, 4.69) is 27.7 Å². The maximum atomic E-state index is 11.9. The molecular weight excluding hydrogens is 264 g/mol. The van der Waals surface area contributed by atoms with Crippen molar-refractivity contribution in [1.82, 2.24) is 0 Å². The summed E-state index contributed by atoms with van der Waals surface area (Å²) >= 11 is 0. The molecule has 0 bridgehead atoms. The van der Waals surface area contributed by atoms with Gasteiger partial charge in [-0.2, -0.15) is 0 Å². The molecule has 1 N–H and O–H groups in total. The highest BCUT2D eigenvalue weighted by atomic mass is 16.4. The molecule has 0 aliphatic rings. The summed E-state index contributed by atoms with van der Waals surface area (Å²) in [6.07, 6.45) is 7.01. The third kappa shape index (κ3) is 6.83. The lowest BCUT2D eigenvalue weighted by atomic mass is 10.0. The molecule has 0 radical (unpaired) electrons. The molecule has 1 rings (SSSR count). The first-order valence-electron chi connectivity index (χ1n) is 8.25. The van der Waals surface area contributed by atoms with E-state index < -0.39 is 0 Å². The second kappa shape index (κ2) is 8.91. The van der Waals surface area contributed by atoms with Gasteiger partial charge in [-0.3, -0.25) is 0 Å². The monoisotopic (exact) mass is 294 g/mol. The van der Waals surface area contributed by atoms with Gasteiger partial charge in [0.15, 0.2) is 0 Å². The molecule has 0 amide bonds. The summed E-state index contributed by atoms with van der Waals surface area (Å²) in [4.78, 5) is 11.9. The van der Waals surface area contributed by atoms with Crippen molar-refractivity contribution < 1.29 is 9.52 Å². The Morgan fingerprint density at radius 2 is 1.71 bits per heavy atom. The fourth-order valence-electron chi connectivity index (χ4n) is 2.50. The van der Waals surface area contributed by atoms with E-state index in [4.69, 9.17) is 4.42 Å². The maximum Gasteiger partial charge on any atom is 0.342 e. The predicted octanol–water partition coefficient (Wildman–Crippen LogP) is 4.69. The zero-order valence-electron chi connectivity index (χ0n) is 13.9. The third-order valence-electron chi connectivity index (χ3n) is 3.64. The van der Waals surface area contributed by atoms with Crippen LogP contribution in [0, 0.1) is 11.8 Å². The Morgan fingerprint density at radius 1 is 1.05 bits per heavy atom. The van der Waals surface area contributed by atoms with Crippen molar-refractivity contribution in [3.8, 4) is 5.75 Å². The minimum Gasteiger partial charge on any atom is -0.507 e. The Balaban J connectivity index is 2.47. The average Bonchev–Trinajstić information content (AvgIpc) is 2.34. The predicted molar refractivity (Wildman–Crippen MR) is 86.8 cm³/mol. The van der Waals surface area contributed by atoms with E-state index in [-0.39, 0.29) is 11.4 Å². The van der Waals surface area contributed by atoms with Gasteiger partial charge < -0.3 is 9.52 Å². The van der Waals surface area contributed by atoms with E-state index in [1.54, 1.807) is 6.07 Å². The molecule has 0 atom stereocenters. The number of unbranched alkanes of at least 4 members (excludes halogenated alkanes) is 3. The third-order valence-corrected chi connectivity index (χ3v) is 3.64. The van der Waals surface area contributed by atoms with Gasteiger partial charge >= 0.3 is 5.63 Å². The summed E-state index contributed by atoms with van der Waals surface area (Å²) in [7, 11) is 0. The molecule has 0 aliphatic heterocycles. The van der Waals surface area contributed by atoms with Crippen LogP contribution in [0.2, 0.25) is 0 Å². The molecule has 0 fully saturated rings. The Labute approximate surface area is 128 Å². The van der Waals surface area contributed by atoms with Crippen LogP contribution in [0.1, 0.15) is 71.1 Å². The molecule has 120 valence electrons. The maximum absolute atomic E-state index is 11.9. The van der Waals surface area contributed by atoms with E-state index in [0.717, 1.165) is 18.8 Å². The molecule has 0 aromatic carbocycles. The van der Waals surface area contributed by atoms with E-state index in [9.17, 15) is 9.90 Å². The van der Waals surface area contributed by atoms with Crippen molar-refractivity contribution in [2.75, 3.05) is 0 Å². The van der Waals surface area contributed by atoms with Gasteiger partial charge in [0.25, 0.3) is 0 Å². The van der Waals surface area contributed by atoms with Gasteiger partial charge in [-0.1, -0.05) is 53.4 Å². The van der Waals surface area contributed by atoms with Crippen LogP contribution >= 0.6 is 0 Å². The second-order valence-corrected chi connectivity index (χ2v) is 6.81. The SMILES string of the molecule is CC(C)CCCCCCc1c(O)cc(CC(C)C)oc1=O. The van der Waals surface area contributed by atoms with E-state index in [1.807, 2.05) is 0 Å². The van der Waals surface area contributed by atoms with Crippen molar-refractivity contribution in [1.29, 1.82) is 0 Å². The highest BCUT2D eigenvalue weighted by Gasteiger charge is 2.11. The molecule has 0 saturated heterocycles. The Morgan fingerprint density at radius 3 is 2.29 bits per heavy atom. The van der Waals surface area contributed by atoms with E-state index >= 15 is 0 Å². The number of aromatic hydroxyl groups is 1. The highest BCUT2D eigenvalue weighted by molar-refractivity contribution is 5.30. The van der Waals surface area contributed by atoms with Crippen molar-refractivity contribution in [3.05, 3.63) is 27.8 Å². The van der Waals surface area contributed by atoms with Crippen LogP contribution in [0.15, 0.2) is 15.3 Å². The van der Waals surface area contributed by atoms with Crippen LogP contribution in [-0.4, -0.2) is 5.11 Å². The van der Waals surface area contributed by atoms with Gasteiger partial charge in [0.2, 0.25) is 0 Å². The zero-order valence-corrected chi connectivity index (χ0v) is 13.9. The molecule has 0 unspecified atom stereocenters. The lowest BCUT2D eigenvalue weighted by Crippen LogP contribution is -2.10. The average molecular weight is 294 g/mol. The lowest BCUT2D eigenvalue weighted by Gasteiger charge is -2.08. The normalized spacial score (nSPS) is 11.5. The van der Waals surface area contributed by atoms with Crippen LogP contribution in [0.3, 0.4) is 0 Å². The summed E-state index contributed by atoms with van der Waals surface area (Å²) in [6, 6.07) is 1.61. The van der Waals surface area contributed by atoms with Crippen LogP contribution < -0.4 is 5.63 Å². The Kier molecular flexibility index (Phi) is 7.55. The van der Waals surface area contributed by atoms with Crippen LogP contribution in [-0.2, 0) is 12.8 Å². The molecule has 0 aliphatic carbocycles. The van der Waals surface area contributed by atoms with Crippen molar-refractivity contribution in [3.63, 3.8) is 0 Å². The minimum absolute atomic E-state index is 0.101. The summed E-state index contributed by atoms with van der Waals surface area (Å²) in [5.74, 6) is 1.84. The molecular formula is C18H30O3. The van der Waals surface area contributed by atoms with Crippen LogP contribution in [0.4, 0.5) is 0 Å². The molecule has 1 heterocycles. The molecule has 1 aromatic heterocycles. The van der Waals surface area contributed by atoms with Crippen molar-refractivity contribution in [2.45, 2.75) is 72.6 Å². The highest BCUT2D eigenvalue weighted by Crippen LogP contribution is 2.20. The lowest BCUT2D eigenvalue weighted by molar-refractivity contribution is 0.396. The molecule has 21 heavy (non-hydrogen) atoms. The van der Waals surface area contributed by atoms with E-state index in [0.29, 0.717) is 30.1 Å². The first-order valence-corrected chi connectivity index (χ1v) is 8.25. The first kappa shape index (κ1) is 17.8. The van der Waals surface area contributed by atoms with Crippen molar-refractivity contribution in [2.24, 2.45) is 11.8 Å². The van der Waals surface area contributed by atoms with Crippen LogP contribution in [0.25, 0.3) is 0 Å². The number of rotatable bonds is 9. The van der Waals surface area contributed by atoms with Gasteiger partial charge in [0.1, 0.15) is 11.5 Å². The number of hydrogen-bond acceptors (Lipinski definition) is 3. The topological polar surface area (TPSA) is 50.4 Å². The van der Waals surface area contributed by atoms with Crippen molar-refractivity contribution >= 4 is 0 Å². The zero-order chi connectivity index (χ0) is 15.8. The summed E-state index contributed by atoms with van der Waals surface area (Å²) < 4.78 is 5.29. The summed E-state index contributed by atoms with van der Waals surface area (Å²) in [5, 5.41) is 10.0. The van der Waals surface area contributed by atoms with Gasteiger partial charge in [0, 0.05) is 12.5 Å². The molecule has 0 saturated carbocycles. The smallest absolute Gasteiger partial charge is 0.342 e. The fourth-order valence-corrected chi connectivity index (χ4v) is 2.50. The Hall–Kier alpha value is -1.25. The van der Waals surface area contributed by atoms with Gasteiger partial charge in [-0.25, -0.2) is 4.79 Å². The largest absolute Gasteiger partial charge is 0.507 e. The molecule has 0 spiro atoms. The molecule has 1 aromatic rings. The minimum atomic E-state index is -0.368. The summed E-state index contributed by atoms with van der Waals surface area (Å²) in [5.41, 5.74) is 0.0687. The van der Waals surface area contributed by atoms with E-state index in [1.165, 1.54) is 19.3 Å². The van der Waals surface area contributed by atoms with Gasteiger partial charge in [0.05, 0.1) is 5.56 Å². The standard InChI is InChI=1S/C18H30O3/c1-13(2)9-7-5-6-8-10-16-17(19)12-15(11-14(3)4)21-18(16)20/h12-14,19H,5-11H2,1-4H3. The quantitative estimate of drug-likeness (QED) is 0.672. The number of hydrogen-bond donors (Lipinski definition) is 1. The fraction of sp³-hybridized carbons (Fsp3) is 0.722. The van der Waals surface area contributed by atoms with Gasteiger partial charge in [-0.15, -0.1) is 0 Å². The van der Waals surface area contributed by atoms with Gasteiger partial charge in [-0.05, 0) is 24.7 Å². The first-order chi connectivity index (χ1) is 9.90. The second-order valence-electron chi connectivity index (χ2n) is 6.81. The Bertz CT molecular complexity index is 472. The molecule has 3 nitrogen and oxygen atoms in total. The molecule has 3 heteroatoms. The summed E-state index contributed by atoms with van der Waals surface area (Å²) in [6.45, 7) is 8.59. The van der Waals surface area contributed by atoms with Crippen LogP contribution in [0.5, 0.6) is 5.75 Å².